The second-order valence-electron chi connectivity index (χ2n) is 2.41. The summed E-state index contributed by atoms with van der Waals surface area (Å²) in [6.45, 7) is 1.32. The highest BCUT2D eigenvalue weighted by atomic mass is 35.5. The second-order valence-corrected chi connectivity index (χ2v) is 2.41. The predicted molar refractivity (Wildman–Crippen MR) is 45.8 cm³/mol. The van der Waals surface area contributed by atoms with Crippen LogP contribution in [0.2, 0.25) is 0 Å². The van der Waals surface area contributed by atoms with Gasteiger partial charge < -0.3 is 22.5 Å². The van der Waals surface area contributed by atoms with E-state index in [1.54, 1.807) is 12.1 Å². The van der Waals surface area contributed by atoms with Gasteiger partial charge in [-0.05, 0) is 19.2 Å². The minimum absolute atomic E-state index is 0. The fourth-order valence-corrected chi connectivity index (χ4v) is 0.828. The Hall–Kier alpha value is -0.800. The molecule has 0 aliphatic carbocycles. The van der Waals surface area contributed by atoms with Crippen molar-refractivity contribution in [1.29, 1.82) is 0 Å². The Bertz CT molecular complexity index is 245. The molecule has 0 aliphatic rings. The van der Waals surface area contributed by atoms with Crippen molar-refractivity contribution in [3.63, 3.8) is 0 Å². The highest BCUT2D eigenvalue weighted by molar-refractivity contribution is 5.22. The molecule has 2 nitrogen and oxygen atoms in total. The first kappa shape index (κ1) is 12.2. The van der Waals surface area contributed by atoms with Gasteiger partial charge in [0.05, 0.1) is 0 Å². The van der Waals surface area contributed by atoms with Crippen molar-refractivity contribution in [3.8, 4) is 5.75 Å². The van der Waals surface area contributed by atoms with Gasteiger partial charge in [-0.3, -0.25) is 0 Å². The Morgan fingerprint density at radius 1 is 1.46 bits per heavy atom. The first-order valence-electron chi connectivity index (χ1n) is 3.86. The molecule has 1 N–H and O–H groups in total. The van der Waals surface area contributed by atoms with E-state index >= 15 is 0 Å². The summed E-state index contributed by atoms with van der Waals surface area (Å²) in [6, 6.07) is 6.13. The van der Waals surface area contributed by atoms with Crippen LogP contribution in [0.4, 0.5) is 4.39 Å². The summed E-state index contributed by atoms with van der Waals surface area (Å²) >= 11 is 0. The van der Waals surface area contributed by atoms with E-state index in [9.17, 15) is 4.39 Å². The summed E-state index contributed by atoms with van der Waals surface area (Å²) < 4.78 is 17.8. The molecule has 13 heavy (non-hydrogen) atoms. The molecule has 0 bridgehead atoms. The molecular formula is C9H12ClFNO-. The van der Waals surface area contributed by atoms with E-state index in [2.05, 4.69) is 5.32 Å². The zero-order valence-electron chi connectivity index (χ0n) is 7.39. The van der Waals surface area contributed by atoms with Gasteiger partial charge in [-0.1, -0.05) is 6.07 Å². The van der Waals surface area contributed by atoms with Crippen molar-refractivity contribution >= 4 is 0 Å². The Kier molecular flexibility index (Phi) is 6.28. The van der Waals surface area contributed by atoms with Crippen molar-refractivity contribution in [3.05, 3.63) is 30.1 Å². The molecule has 0 heterocycles. The summed E-state index contributed by atoms with van der Waals surface area (Å²) in [5.41, 5.74) is 0. The third-order valence-electron chi connectivity index (χ3n) is 1.42. The number of nitrogens with one attached hydrogen (secondary N) is 1. The number of hydrogen-bond donors (Lipinski definition) is 1. The normalized spacial score (nSPS) is 9.08. The van der Waals surface area contributed by atoms with Gasteiger partial charge >= 0.3 is 0 Å². The molecule has 0 fully saturated rings. The average Bonchev–Trinajstić information content (AvgIpc) is 2.05. The van der Waals surface area contributed by atoms with Crippen LogP contribution in [0.5, 0.6) is 5.75 Å². The molecule has 0 aromatic heterocycles. The van der Waals surface area contributed by atoms with Gasteiger partial charge in [0.1, 0.15) is 18.2 Å². The van der Waals surface area contributed by atoms with Crippen LogP contribution in [0.15, 0.2) is 24.3 Å². The number of benzene rings is 1. The van der Waals surface area contributed by atoms with Gasteiger partial charge in [0.25, 0.3) is 0 Å². The lowest BCUT2D eigenvalue weighted by Gasteiger charge is -2.04. The molecule has 0 spiro atoms. The third kappa shape index (κ3) is 4.70. The third-order valence-corrected chi connectivity index (χ3v) is 1.42. The molecule has 1 rings (SSSR count). The van der Waals surface area contributed by atoms with E-state index in [1.807, 2.05) is 7.05 Å². The molecule has 0 amide bonds. The van der Waals surface area contributed by atoms with Crippen molar-refractivity contribution in [2.24, 2.45) is 0 Å². The maximum Gasteiger partial charge on any atom is 0.126 e. The smallest absolute Gasteiger partial charge is 0.126 e. The highest BCUT2D eigenvalue weighted by Crippen LogP contribution is 2.11. The quantitative estimate of drug-likeness (QED) is 0.599. The number of rotatable bonds is 4. The summed E-state index contributed by atoms with van der Waals surface area (Å²) in [4.78, 5) is 0. The molecule has 0 atom stereocenters. The maximum absolute atomic E-state index is 12.6. The van der Waals surface area contributed by atoms with Crippen molar-refractivity contribution in [1.82, 2.24) is 5.32 Å². The molecule has 0 unspecified atom stereocenters. The minimum atomic E-state index is -0.267. The highest BCUT2D eigenvalue weighted by Gasteiger charge is 1.93. The molecule has 0 aliphatic heterocycles. The SMILES string of the molecule is CNCCOc1cccc(F)c1.[Cl-]. The standard InChI is InChI=1S/C9H12FNO.ClH/c1-11-5-6-12-9-4-2-3-8(10)7-9;/h2-4,7,11H,5-6H2,1H3;1H/p-1. The van der Waals surface area contributed by atoms with Crippen LogP contribution in [0, 0.1) is 5.82 Å². The van der Waals surface area contributed by atoms with Gasteiger partial charge in [0.2, 0.25) is 0 Å². The van der Waals surface area contributed by atoms with Gasteiger partial charge in [0.15, 0.2) is 0 Å². The molecule has 4 heteroatoms. The van der Waals surface area contributed by atoms with E-state index in [4.69, 9.17) is 4.74 Å². The van der Waals surface area contributed by atoms with E-state index in [0.29, 0.717) is 12.4 Å². The second kappa shape index (κ2) is 6.69. The fourth-order valence-electron chi connectivity index (χ4n) is 0.828. The molecule has 0 radical (unpaired) electrons. The predicted octanol–water partition coefficient (Wildman–Crippen LogP) is -1.57. The number of likely N-dealkylation sites (N-methyl/N-ethyl adjacent to an activating group) is 1. The fraction of sp³-hybridized carbons (Fsp3) is 0.333. The minimum Gasteiger partial charge on any atom is -1.00 e. The number of ether oxygens (including phenoxy) is 1. The van der Waals surface area contributed by atoms with Crippen LogP contribution in [-0.4, -0.2) is 20.2 Å². The van der Waals surface area contributed by atoms with Crippen LogP contribution in [-0.2, 0) is 0 Å². The molecular weight excluding hydrogens is 193 g/mol. The lowest BCUT2D eigenvalue weighted by Crippen LogP contribution is -3.00. The Balaban J connectivity index is 0.00000144. The zero-order valence-corrected chi connectivity index (χ0v) is 8.14. The monoisotopic (exact) mass is 204 g/mol. The van der Waals surface area contributed by atoms with Crippen LogP contribution >= 0.6 is 0 Å². The van der Waals surface area contributed by atoms with E-state index in [1.165, 1.54) is 12.1 Å². The maximum atomic E-state index is 12.6. The Morgan fingerprint density at radius 2 is 2.23 bits per heavy atom. The van der Waals surface area contributed by atoms with Gasteiger partial charge in [-0.25, -0.2) is 4.39 Å². The zero-order chi connectivity index (χ0) is 8.81. The first-order chi connectivity index (χ1) is 5.83. The Labute approximate surface area is 83.5 Å². The number of halogens is 2. The molecule has 74 valence electrons. The van der Waals surface area contributed by atoms with Crippen LogP contribution in [0.3, 0.4) is 0 Å². The van der Waals surface area contributed by atoms with Crippen LogP contribution in [0.1, 0.15) is 0 Å². The van der Waals surface area contributed by atoms with Crippen molar-refractivity contribution < 1.29 is 21.5 Å². The summed E-state index contributed by atoms with van der Waals surface area (Å²) in [6.07, 6.45) is 0. The van der Waals surface area contributed by atoms with Crippen LogP contribution in [0.25, 0.3) is 0 Å². The van der Waals surface area contributed by atoms with Gasteiger partial charge in [-0.15, -0.1) is 0 Å². The number of hydrogen-bond acceptors (Lipinski definition) is 2. The van der Waals surface area contributed by atoms with Gasteiger partial charge in [-0.2, -0.15) is 0 Å². The van der Waals surface area contributed by atoms with Crippen LogP contribution < -0.4 is 22.5 Å². The topological polar surface area (TPSA) is 21.3 Å². The van der Waals surface area contributed by atoms with Crippen molar-refractivity contribution in [2.45, 2.75) is 0 Å². The van der Waals surface area contributed by atoms with E-state index < -0.39 is 0 Å². The van der Waals surface area contributed by atoms with Crippen molar-refractivity contribution in [2.75, 3.05) is 20.2 Å². The summed E-state index contributed by atoms with van der Waals surface area (Å²) in [7, 11) is 1.84. The van der Waals surface area contributed by atoms with E-state index in [0.717, 1.165) is 6.54 Å². The van der Waals surface area contributed by atoms with E-state index in [-0.39, 0.29) is 18.2 Å². The molecule has 0 saturated heterocycles. The lowest BCUT2D eigenvalue weighted by molar-refractivity contribution is -0.00000366. The molecule has 0 saturated carbocycles. The Morgan fingerprint density at radius 3 is 2.85 bits per heavy atom. The average molecular weight is 205 g/mol. The van der Waals surface area contributed by atoms with Gasteiger partial charge in [0, 0.05) is 12.6 Å². The lowest BCUT2D eigenvalue weighted by atomic mass is 10.3. The molecule has 1 aromatic rings. The largest absolute Gasteiger partial charge is 1.00 e. The summed E-state index contributed by atoms with van der Waals surface area (Å²) in [5.74, 6) is 0.308. The summed E-state index contributed by atoms with van der Waals surface area (Å²) in [5, 5.41) is 2.93. The first-order valence-corrected chi connectivity index (χ1v) is 3.86. The molecule has 1 aromatic carbocycles.